The predicted octanol–water partition coefficient (Wildman–Crippen LogP) is 2.30. The number of nitrogens with zero attached hydrogens (tertiary/aromatic N) is 2. The van der Waals surface area contributed by atoms with E-state index < -0.39 is 0 Å². The number of rotatable bonds is 4. The molecule has 0 aliphatic carbocycles. The van der Waals surface area contributed by atoms with Crippen LogP contribution in [0.15, 0.2) is 4.99 Å². The molecule has 0 bridgehead atoms. The minimum atomic E-state index is 0.609. The molecule has 0 fully saturated rings. The van der Waals surface area contributed by atoms with E-state index in [1.807, 2.05) is 6.34 Å². The van der Waals surface area contributed by atoms with Crippen LogP contribution in [-0.2, 0) is 0 Å². The highest BCUT2D eigenvalue weighted by atomic mass is 15.2. The molecule has 1 heterocycles. The Morgan fingerprint density at radius 1 is 1.58 bits per heavy atom. The van der Waals surface area contributed by atoms with E-state index in [0.29, 0.717) is 12.1 Å². The molecule has 0 aromatic carbocycles. The van der Waals surface area contributed by atoms with Gasteiger partial charge in [-0.25, -0.2) is 0 Å². The predicted molar refractivity (Wildman–Crippen MR) is 53.6 cm³/mol. The van der Waals surface area contributed by atoms with Gasteiger partial charge in [0, 0.05) is 12.1 Å². The largest absolute Gasteiger partial charge is 0.356 e. The highest BCUT2D eigenvalue weighted by Crippen LogP contribution is 2.15. The molecular formula is C10H20N2. The van der Waals surface area contributed by atoms with Crippen LogP contribution < -0.4 is 0 Å². The van der Waals surface area contributed by atoms with Crippen LogP contribution in [0.2, 0.25) is 0 Å². The Morgan fingerprint density at radius 3 is 2.92 bits per heavy atom. The van der Waals surface area contributed by atoms with Gasteiger partial charge in [-0.15, -0.1) is 0 Å². The maximum atomic E-state index is 4.32. The molecule has 0 N–H and O–H groups in total. The third-order valence-corrected chi connectivity index (χ3v) is 2.44. The van der Waals surface area contributed by atoms with E-state index in [2.05, 4.69) is 30.7 Å². The fourth-order valence-electron chi connectivity index (χ4n) is 1.69. The quantitative estimate of drug-likeness (QED) is 0.629. The second kappa shape index (κ2) is 4.48. The molecule has 0 aromatic rings. The Kier molecular flexibility index (Phi) is 3.57. The highest BCUT2D eigenvalue weighted by molar-refractivity contribution is 5.58. The van der Waals surface area contributed by atoms with Crippen LogP contribution in [0.25, 0.3) is 0 Å². The third kappa shape index (κ3) is 2.23. The molecule has 2 nitrogen and oxygen atoms in total. The number of hydrogen-bond acceptors (Lipinski definition) is 2. The summed E-state index contributed by atoms with van der Waals surface area (Å²) in [5.74, 6) is 0. The number of hydrogen-bond donors (Lipinski definition) is 0. The van der Waals surface area contributed by atoms with Gasteiger partial charge in [-0.2, -0.15) is 0 Å². The minimum Gasteiger partial charge on any atom is -0.356 e. The number of unbranched alkanes of at least 4 members (excludes halogenated alkanes) is 1. The standard InChI is InChI=1S/C10H20N2/c1-4-5-6-10-7-11-8-12(10)9(2)3/h8-10H,4-7H2,1-3H3. The van der Waals surface area contributed by atoms with E-state index >= 15 is 0 Å². The van der Waals surface area contributed by atoms with Crippen LogP contribution in [0.3, 0.4) is 0 Å². The van der Waals surface area contributed by atoms with Gasteiger partial charge in [0.05, 0.1) is 12.9 Å². The summed E-state index contributed by atoms with van der Waals surface area (Å²) in [5, 5.41) is 0. The maximum Gasteiger partial charge on any atom is 0.0856 e. The SMILES string of the molecule is CCCCC1CN=CN1C(C)C. The van der Waals surface area contributed by atoms with Crippen LogP contribution in [0.5, 0.6) is 0 Å². The van der Waals surface area contributed by atoms with Gasteiger partial charge in [0.1, 0.15) is 0 Å². The van der Waals surface area contributed by atoms with Gasteiger partial charge in [-0.3, -0.25) is 4.99 Å². The molecule has 0 saturated heterocycles. The average Bonchev–Trinajstić information content (AvgIpc) is 2.48. The zero-order valence-corrected chi connectivity index (χ0v) is 8.45. The zero-order chi connectivity index (χ0) is 8.97. The maximum absolute atomic E-state index is 4.32. The summed E-state index contributed by atoms with van der Waals surface area (Å²) in [6.45, 7) is 7.72. The molecule has 0 radical (unpaired) electrons. The van der Waals surface area contributed by atoms with Crippen molar-refractivity contribution in [2.45, 2.75) is 52.1 Å². The summed E-state index contributed by atoms with van der Waals surface area (Å²) >= 11 is 0. The second-order valence-corrected chi connectivity index (χ2v) is 3.82. The summed E-state index contributed by atoms with van der Waals surface area (Å²) in [6.07, 6.45) is 5.94. The van der Waals surface area contributed by atoms with Gasteiger partial charge in [0.15, 0.2) is 0 Å². The van der Waals surface area contributed by atoms with E-state index in [1.165, 1.54) is 19.3 Å². The van der Waals surface area contributed by atoms with Crippen LogP contribution in [0.4, 0.5) is 0 Å². The fraction of sp³-hybridized carbons (Fsp3) is 0.900. The smallest absolute Gasteiger partial charge is 0.0856 e. The molecule has 0 saturated carbocycles. The van der Waals surface area contributed by atoms with Gasteiger partial charge < -0.3 is 4.90 Å². The summed E-state index contributed by atoms with van der Waals surface area (Å²) in [4.78, 5) is 6.71. The molecule has 0 spiro atoms. The van der Waals surface area contributed by atoms with Crippen molar-refractivity contribution >= 4 is 6.34 Å². The fourth-order valence-corrected chi connectivity index (χ4v) is 1.69. The molecule has 1 atom stereocenters. The van der Waals surface area contributed by atoms with Crippen molar-refractivity contribution in [1.82, 2.24) is 4.90 Å². The van der Waals surface area contributed by atoms with Crippen LogP contribution >= 0.6 is 0 Å². The summed E-state index contributed by atoms with van der Waals surface area (Å²) < 4.78 is 0. The molecular weight excluding hydrogens is 148 g/mol. The van der Waals surface area contributed by atoms with Crippen molar-refractivity contribution in [3.63, 3.8) is 0 Å². The first-order chi connectivity index (χ1) is 5.75. The Labute approximate surface area is 75.7 Å². The van der Waals surface area contributed by atoms with Crippen molar-refractivity contribution in [2.75, 3.05) is 6.54 Å². The lowest BCUT2D eigenvalue weighted by Gasteiger charge is -2.27. The molecule has 0 amide bonds. The van der Waals surface area contributed by atoms with Gasteiger partial charge in [-0.1, -0.05) is 19.8 Å². The first-order valence-electron chi connectivity index (χ1n) is 5.03. The molecule has 1 aliphatic heterocycles. The molecule has 1 aliphatic rings. The van der Waals surface area contributed by atoms with E-state index in [0.717, 1.165) is 6.54 Å². The highest BCUT2D eigenvalue weighted by Gasteiger charge is 2.21. The van der Waals surface area contributed by atoms with E-state index in [9.17, 15) is 0 Å². The molecule has 1 rings (SSSR count). The summed E-state index contributed by atoms with van der Waals surface area (Å²) in [7, 11) is 0. The second-order valence-electron chi connectivity index (χ2n) is 3.82. The first kappa shape index (κ1) is 9.56. The summed E-state index contributed by atoms with van der Waals surface area (Å²) in [5.41, 5.74) is 0. The molecule has 1 unspecified atom stereocenters. The Hall–Kier alpha value is -0.530. The Morgan fingerprint density at radius 2 is 2.33 bits per heavy atom. The lowest BCUT2D eigenvalue weighted by atomic mass is 10.1. The first-order valence-corrected chi connectivity index (χ1v) is 5.03. The molecule has 12 heavy (non-hydrogen) atoms. The van der Waals surface area contributed by atoms with Gasteiger partial charge in [-0.05, 0) is 20.3 Å². The normalized spacial score (nSPS) is 22.7. The Bertz CT molecular complexity index is 152. The lowest BCUT2D eigenvalue weighted by Crippen LogP contribution is -2.36. The molecule has 0 aromatic heterocycles. The van der Waals surface area contributed by atoms with Crippen molar-refractivity contribution in [2.24, 2.45) is 4.99 Å². The monoisotopic (exact) mass is 168 g/mol. The summed E-state index contributed by atoms with van der Waals surface area (Å²) in [6, 6.07) is 1.29. The van der Waals surface area contributed by atoms with Crippen LogP contribution in [-0.4, -0.2) is 29.9 Å². The van der Waals surface area contributed by atoms with Crippen molar-refractivity contribution < 1.29 is 0 Å². The zero-order valence-electron chi connectivity index (χ0n) is 8.45. The topological polar surface area (TPSA) is 15.6 Å². The van der Waals surface area contributed by atoms with E-state index in [-0.39, 0.29) is 0 Å². The lowest BCUT2D eigenvalue weighted by molar-refractivity contribution is 0.278. The van der Waals surface area contributed by atoms with Crippen molar-refractivity contribution in [3.05, 3.63) is 0 Å². The van der Waals surface area contributed by atoms with Crippen LogP contribution in [0.1, 0.15) is 40.0 Å². The van der Waals surface area contributed by atoms with Crippen LogP contribution in [0, 0.1) is 0 Å². The van der Waals surface area contributed by atoms with Gasteiger partial charge in [0.2, 0.25) is 0 Å². The van der Waals surface area contributed by atoms with E-state index in [4.69, 9.17) is 0 Å². The van der Waals surface area contributed by atoms with Gasteiger partial charge in [0.25, 0.3) is 0 Å². The Balaban J connectivity index is 2.34. The van der Waals surface area contributed by atoms with E-state index in [1.54, 1.807) is 0 Å². The number of aliphatic imine (C=N–C) groups is 1. The van der Waals surface area contributed by atoms with Crippen molar-refractivity contribution in [3.8, 4) is 0 Å². The van der Waals surface area contributed by atoms with Gasteiger partial charge >= 0.3 is 0 Å². The molecule has 2 heteroatoms. The average molecular weight is 168 g/mol. The van der Waals surface area contributed by atoms with Crippen molar-refractivity contribution in [1.29, 1.82) is 0 Å². The third-order valence-electron chi connectivity index (χ3n) is 2.44. The molecule has 70 valence electrons. The minimum absolute atomic E-state index is 0.609.